The van der Waals surface area contributed by atoms with Gasteiger partial charge in [0.25, 0.3) is 0 Å². The summed E-state index contributed by atoms with van der Waals surface area (Å²) < 4.78 is 0. The van der Waals surface area contributed by atoms with Gasteiger partial charge in [-0.2, -0.15) is 0 Å². The number of aryl methyl sites for hydroxylation is 2. The molecule has 0 spiro atoms. The smallest absolute Gasteiger partial charge is 0.121 e. The predicted octanol–water partition coefficient (Wildman–Crippen LogP) is 1.94. The van der Waals surface area contributed by atoms with E-state index in [9.17, 15) is 5.11 Å². The maximum absolute atomic E-state index is 9.39. The van der Waals surface area contributed by atoms with Crippen LogP contribution in [0.2, 0.25) is 0 Å². The van der Waals surface area contributed by atoms with E-state index in [-0.39, 0.29) is 51.4 Å². The van der Waals surface area contributed by atoms with Crippen molar-refractivity contribution in [3.8, 4) is 5.75 Å². The molecule has 0 aromatic heterocycles. The molecule has 1 radical (unpaired) electrons. The molecule has 0 aliphatic carbocycles. The predicted molar refractivity (Wildman–Crippen MR) is 48.1 cm³/mol. The van der Waals surface area contributed by atoms with Gasteiger partial charge >= 0.3 is 0 Å². The van der Waals surface area contributed by atoms with Gasteiger partial charge in [0.2, 0.25) is 0 Å². The molecule has 0 unspecified atom stereocenters. The number of hydrogen-bond acceptors (Lipinski definition) is 1. The molecule has 1 aromatic rings. The maximum Gasteiger partial charge on any atom is 0.121 e. The molecule has 2 heteroatoms. The van der Waals surface area contributed by atoms with E-state index >= 15 is 0 Å². The van der Waals surface area contributed by atoms with Gasteiger partial charge in [0, 0.05) is 51.4 Å². The van der Waals surface area contributed by atoms with E-state index in [1.807, 2.05) is 32.9 Å². The molecule has 1 rings (SSSR count). The van der Waals surface area contributed by atoms with Gasteiger partial charge in [0.05, 0.1) is 0 Å². The second-order valence-electron chi connectivity index (χ2n) is 2.67. The fourth-order valence-corrected chi connectivity index (χ4v) is 0.936. The Morgan fingerprint density at radius 2 is 1.45 bits per heavy atom. The molecule has 0 fully saturated rings. The Kier molecular flexibility index (Phi) is 4.90. The zero-order chi connectivity index (χ0) is 7.72. The maximum atomic E-state index is 9.39. The van der Waals surface area contributed by atoms with Crippen molar-refractivity contribution in [1.29, 1.82) is 0 Å². The second kappa shape index (κ2) is 4.63. The number of aromatic hydroxyl groups is 1. The van der Waals surface area contributed by atoms with E-state index in [2.05, 4.69) is 0 Å². The average Bonchev–Trinajstić information content (AvgIpc) is 1.93. The third-order valence-electron chi connectivity index (χ3n) is 1.90. The van der Waals surface area contributed by atoms with Crippen LogP contribution in [0.3, 0.4) is 0 Å². The SMILES string of the molecule is Cc1ccc(C)c(O)c1C.[K]. The zero-order valence-electron chi connectivity index (χ0n) is 7.60. The van der Waals surface area contributed by atoms with Crippen molar-refractivity contribution in [1.82, 2.24) is 0 Å². The summed E-state index contributed by atoms with van der Waals surface area (Å²) in [5, 5.41) is 9.39. The molecule has 0 aliphatic rings. The molecule has 55 valence electrons. The normalized spacial score (nSPS) is 9.00. The molecule has 0 saturated carbocycles. The molecule has 0 atom stereocenters. The fraction of sp³-hybridized carbons (Fsp3) is 0.333. The quantitative estimate of drug-likeness (QED) is 0.597. The molecule has 1 nitrogen and oxygen atoms in total. The van der Waals surface area contributed by atoms with Crippen LogP contribution in [0.25, 0.3) is 0 Å². The third kappa shape index (κ3) is 2.56. The minimum absolute atomic E-state index is 0. The van der Waals surface area contributed by atoms with Crippen molar-refractivity contribution in [3.05, 3.63) is 28.8 Å². The van der Waals surface area contributed by atoms with Crippen LogP contribution in [-0.4, -0.2) is 56.5 Å². The van der Waals surface area contributed by atoms with Crippen LogP contribution in [0.1, 0.15) is 16.7 Å². The van der Waals surface area contributed by atoms with E-state index < -0.39 is 0 Å². The van der Waals surface area contributed by atoms with Gasteiger partial charge < -0.3 is 5.11 Å². The van der Waals surface area contributed by atoms with Crippen molar-refractivity contribution < 1.29 is 5.11 Å². The standard InChI is InChI=1S/C9H12O.K/c1-6-4-5-7(2)9(10)8(6)3;/h4-5,10H,1-3H3;. The van der Waals surface area contributed by atoms with Gasteiger partial charge in [-0.15, -0.1) is 0 Å². The summed E-state index contributed by atoms with van der Waals surface area (Å²) in [6, 6.07) is 3.95. The van der Waals surface area contributed by atoms with Crippen molar-refractivity contribution in [2.45, 2.75) is 20.8 Å². The van der Waals surface area contributed by atoms with Crippen molar-refractivity contribution in [2.75, 3.05) is 0 Å². The first kappa shape index (κ1) is 11.7. The van der Waals surface area contributed by atoms with E-state index in [4.69, 9.17) is 0 Å². The average molecular weight is 175 g/mol. The summed E-state index contributed by atoms with van der Waals surface area (Å²) in [6.45, 7) is 5.83. The van der Waals surface area contributed by atoms with Crippen LogP contribution < -0.4 is 0 Å². The molecule has 0 heterocycles. The number of phenols is 1. The van der Waals surface area contributed by atoms with Gasteiger partial charge in [0.1, 0.15) is 5.75 Å². The second-order valence-corrected chi connectivity index (χ2v) is 2.67. The molecule has 1 aromatic carbocycles. The van der Waals surface area contributed by atoms with Crippen LogP contribution >= 0.6 is 0 Å². The third-order valence-corrected chi connectivity index (χ3v) is 1.90. The Morgan fingerprint density at radius 1 is 1.00 bits per heavy atom. The molecule has 0 amide bonds. The Bertz CT molecular complexity index is 229. The van der Waals surface area contributed by atoms with E-state index in [0.29, 0.717) is 5.75 Å². The van der Waals surface area contributed by atoms with Crippen LogP contribution in [0.5, 0.6) is 5.75 Å². The summed E-state index contributed by atoms with van der Waals surface area (Å²) >= 11 is 0. The first-order valence-electron chi connectivity index (χ1n) is 3.38. The first-order valence-corrected chi connectivity index (χ1v) is 3.38. The minimum Gasteiger partial charge on any atom is -0.507 e. The Balaban J connectivity index is 0.000001000. The Labute approximate surface area is 110 Å². The van der Waals surface area contributed by atoms with Crippen LogP contribution in [-0.2, 0) is 0 Å². The van der Waals surface area contributed by atoms with Gasteiger partial charge in [-0.05, 0) is 37.5 Å². The van der Waals surface area contributed by atoms with E-state index in [1.165, 1.54) is 0 Å². The molecular weight excluding hydrogens is 163 g/mol. The molecule has 0 aliphatic heterocycles. The van der Waals surface area contributed by atoms with Gasteiger partial charge in [-0.3, -0.25) is 0 Å². The van der Waals surface area contributed by atoms with Crippen LogP contribution in [0, 0.1) is 20.8 Å². The number of phenolic OH excluding ortho intramolecular Hbond substituents is 1. The Hall–Kier alpha value is 0.656. The number of hydrogen-bond donors (Lipinski definition) is 1. The number of benzene rings is 1. The van der Waals surface area contributed by atoms with Gasteiger partial charge in [0.15, 0.2) is 0 Å². The summed E-state index contributed by atoms with van der Waals surface area (Å²) in [5.74, 6) is 0.431. The van der Waals surface area contributed by atoms with E-state index in [0.717, 1.165) is 16.7 Å². The molecule has 11 heavy (non-hydrogen) atoms. The summed E-state index contributed by atoms with van der Waals surface area (Å²) in [7, 11) is 0. The summed E-state index contributed by atoms with van der Waals surface area (Å²) in [4.78, 5) is 0. The number of rotatable bonds is 0. The fourth-order valence-electron chi connectivity index (χ4n) is 0.936. The minimum atomic E-state index is 0. The molecule has 0 bridgehead atoms. The molecule has 1 N–H and O–H groups in total. The van der Waals surface area contributed by atoms with Crippen molar-refractivity contribution >= 4 is 51.4 Å². The topological polar surface area (TPSA) is 20.2 Å². The van der Waals surface area contributed by atoms with Crippen LogP contribution in [0.4, 0.5) is 0 Å². The van der Waals surface area contributed by atoms with Crippen molar-refractivity contribution in [2.24, 2.45) is 0 Å². The summed E-state index contributed by atoms with van der Waals surface area (Å²) in [6.07, 6.45) is 0. The largest absolute Gasteiger partial charge is 0.507 e. The molecular formula is C9H12KO. The van der Waals surface area contributed by atoms with E-state index in [1.54, 1.807) is 0 Å². The van der Waals surface area contributed by atoms with Gasteiger partial charge in [-0.25, -0.2) is 0 Å². The zero-order valence-corrected chi connectivity index (χ0v) is 10.7. The molecule has 0 saturated heterocycles. The Morgan fingerprint density at radius 3 is 1.91 bits per heavy atom. The monoisotopic (exact) mass is 175 g/mol. The van der Waals surface area contributed by atoms with Gasteiger partial charge in [-0.1, -0.05) is 12.1 Å². The first-order chi connectivity index (χ1) is 4.63. The van der Waals surface area contributed by atoms with Crippen molar-refractivity contribution in [3.63, 3.8) is 0 Å². The van der Waals surface area contributed by atoms with Crippen LogP contribution in [0.15, 0.2) is 12.1 Å². The summed E-state index contributed by atoms with van der Waals surface area (Å²) in [5.41, 5.74) is 3.08.